The number of benzene rings is 1. The van der Waals surface area contributed by atoms with E-state index in [-0.39, 0.29) is 15.6 Å². The van der Waals surface area contributed by atoms with E-state index in [1.54, 1.807) is 25.4 Å². The van der Waals surface area contributed by atoms with Gasteiger partial charge in [-0.15, -0.1) is 0 Å². The Morgan fingerprint density at radius 1 is 1.24 bits per heavy atom. The van der Waals surface area contributed by atoms with Crippen molar-refractivity contribution in [2.75, 3.05) is 0 Å². The van der Waals surface area contributed by atoms with E-state index in [9.17, 15) is 4.79 Å². The fourth-order valence-electron chi connectivity index (χ4n) is 1.59. The van der Waals surface area contributed by atoms with Crippen LogP contribution in [0.3, 0.4) is 0 Å². The highest BCUT2D eigenvalue weighted by atomic mass is 35.5. The van der Waals surface area contributed by atoms with Crippen molar-refractivity contribution >= 4 is 46.4 Å². The maximum Gasteiger partial charge on any atom is 0.274 e. The molecule has 2 rings (SSSR count). The van der Waals surface area contributed by atoms with Crippen LogP contribution in [0.5, 0.6) is 0 Å². The maximum absolute atomic E-state index is 12.1. The van der Waals surface area contributed by atoms with Gasteiger partial charge in [-0.3, -0.25) is 9.78 Å². The van der Waals surface area contributed by atoms with Gasteiger partial charge in [0.25, 0.3) is 5.91 Å². The lowest BCUT2D eigenvalue weighted by Crippen LogP contribution is -2.20. The number of carbonyl (C=O) groups excluding carboxylic acids is 1. The van der Waals surface area contributed by atoms with E-state index in [2.05, 4.69) is 15.5 Å². The summed E-state index contributed by atoms with van der Waals surface area (Å²) in [7, 11) is 0. The third-order valence-electron chi connectivity index (χ3n) is 2.64. The average Bonchev–Trinajstić information content (AvgIpc) is 2.44. The predicted octanol–water partition coefficient (Wildman–Crippen LogP) is 4.20. The van der Waals surface area contributed by atoms with E-state index in [1.165, 1.54) is 12.1 Å². The first-order valence-corrected chi connectivity index (χ1v) is 7.02. The second kappa shape index (κ2) is 6.89. The fourth-order valence-corrected chi connectivity index (χ4v) is 2.58. The van der Waals surface area contributed by atoms with Crippen LogP contribution in [0.1, 0.15) is 22.8 Å². The van der Waals surface area contributed by atoms with Crippen molar-refractivity contribution in [3.8, 4) is 0 Å². The second-order valence-electron chi connectivity index (χ2n) is 4.12. The van der Waals surface area contributed by atoms with E-state index in [0.29, 0.717) is 10.7 Å². The van der Waals surface area contributed by atoms with Gasteiger partial charge in [-0.25, -0.2) is 5.43 Å². The van der Waals surface area contributed by atoms with E-state index >= 15 is 0 Å². The molecule has 4 nitrogen and oxygen atoms in total. The summed E-state index contributed by atoms with van der Waals surface area (Å²) >= 11 is 17.7. The highest BCUT2D eigenvalue weighted by molar-refractivity contribution is 6.42. The number of hydrogen-bond acceptors (Lipinski definition) is 3. The average molecular weight is 343 g/mol. The number of amides is 1. The zero-order chi connectivity index (χ0) is 15.4. The summed E-state index contributed by atoms with van der Waals surface area (Å²) in [5.41, 5.74) is 3.94. The van der Waals surface area contributed by atoms with Crippen LogP contribution < -0.4 is 5.43 Å². The molecule has 0 radical (unpaired) electrons. The zero-order valence-corrected chi connectivity index (χ0v) is 13.2. The molecule has 0 saturated heterocycles. The summed E-state index contributed by atoms with van der Waals surface area (Å²) in [6.45, 7) is 1.75. The normalized spacial score (nSPS) is 11.3. The van der Waals surface area contributed by atoms with Crippen LogP contribution >= 0.6 is 34.8 Å². The summed E-state index contributed by atoms with van der Waals surface area (Å²) in [6, 6.07) is 6.51. The van der Waals surface area contributed by atoms with Crippen molar-refractivity contribution in [1.82, 2.24) is 10.4 Å². The van der Waals surface area contributed by atoms with Crippen molar-refractivity contribution in [3.05, 3.63) is 62.9 Å². The lowest BCUT2D eigenvalue weighted by molar-refractivity contribution is 0.0955. The summed E-state index contributed by atoms with van der Waals surface area (Å²) in [5.74, 6) is -0.509. The van der Waals surface area contributed by atoms with Gasteiger partial charge in [-0.1, -0.05) is 40.9 Å². The van der Waals surface area contributed by atoms with Crippen LogP contribution in [0.15, 0.2) is 41.8 Å². The van der Waals surface area contributed by atoms with Crippen molar-refractivity contribution < 1.29 is 4.79 Å². The molecular weight excluding hydrogens is 333 g/mol. The number of carbonyl (C=O) groups is 1. The minimum Gasteiger partial charge on any atom is -0.267 e. The topological polar surface area (TPSA) is 54.4 Å². The van der Waals surface area contributed by atoms with E-state index in [1.807, 2.05) is 6.07 Å². The van der Waals surface area contributed by atoms with Crippen molar-refractivity contribution in [1.29, 1.82) is 0 Å². The van der Waals surface area contributed by atoms with Crippen molar-refractivity contribution in [2.24, 2.45) is 5.10 Å². The molecule has 1 aromatic heterocycles. The molecule has 0 saturated carbocycles. The quantitative estimate of drug-likeness (QED) is 0.671. The standard InChI is InChI=1S/C14H10Cl3N3O/c1-8(9-3-2-4-18-7-9)19-20-14(21)13-11(16)5-10(15)6-12(13)17/h2-7H,1H3,(H,20,21)/b19-8-. The SMILES string of the molecule is C/C(=N/NC(=O)c1c(Cl)cc(Cl)cc1Cl)c1cccnc1. The van der Waals surface area contributed by atoms with Gasteiger partial charge in [0.1, 0.15) is 0 Å². The van der Waals surface area contributed by atoms with Gasteiger partial charge in [-0.2, -0.15) is 5.10 Å². The molecule has 7 heteroatoms. The Bertz CT molecular complexity index is 679. The Kier molecular flexibility index (Phi) is 5.17. The molecule has 21 heavy (non-hydrogen) atoms. The molecule has 0 unspecified atom stereocenters. The third kappa shape index (κ3) is 3.94. The van der Waals surface area contributed by atoms with Crippen LogP contribution in [0.25, 0.3) is 0 Å². The predicted molar refractivity (Wildman–Crippen MR) is 85.4 cm³/mol. The third-order valence-corrected chi connectivity index (χ3v) is 3.45. The van der Waals surface area contributed by atoms with Crippen molar-refractivity contribution in [2.45, 2.75) is 6.92 Å². The molecule has 1 N–H and O–H groups in total. The highest BCUT2D eigenvalue weighted by Gasteiger charge is 2.15. The van der Waals surface area contributed by atoms with Gasteiger partial charge in [0.05, 0.1) is 21.3 Å². The first-order chi connectivity index (χ1) is 9.99. The maximum atomic E-state index is 12.1. The number of nitrogens with zero attached hydrogens (tertiary/aromatic N) is 2. The molecule has 108 valence electrons. The Hall–Kier alpha value is -1.62. The Morgan fingerprint density at radius 3 is 2.48 bits per heavy atom. The van der Waals surface area contributed by atoms with E-state index in [0.717, 1.165) is 5.56 Å². The molecule has 1 heterocycles. The summed E-state index contributed by atoms with van der Waals surface area (Å²) in [5, 5.41) is 4.69. The smallest absolute Gasteiger partial charge is 0.267 e. The van der Waals surface area contributed by atoms with Gasteiger partial charge < -0.3 is 0 Å². The molecule has 0 fully saturated rings. The lowest BCUT2D eigenvalue weighted by Gasteiger charge is -2.07. The van der Waals surface area contributed by atoms with Gasteiger partial charge in [-0.05, 0) is 25.1 Å². The molecule has 0 aliphatic carbocycles. The number of aromatic nitrogens is 1. The van der Waals surface area contributed by atoms with Crippen LogP contribution in [-0.4, -0.2) is 16.6 Å². The Morgan fingerprint density at radius 2 is 1.90 bits per heavy atom. The monoisotopic (exact) mass is 341 g/mol. The van der Waals surface area contributed by atoms with Gasteiger partial charge >= 0.3 is 0 Å². The molecule has 0 atom stereocenters. The minimum atomic E-state index is -0.509. The minimum absolute atomic E-state index is 0.130. The first kappa shape index (κ1) is 15.8. The van der Waals surface area contributed by atoms with Gasteiger partial charge in [0.15, 0.2) is 0 Å². The largest absolute Gasteiger partial charge is 0.274 e. The number of hydrogen-bond donors (Lipinski definition) is 1. The van der Waals surface area contributed by atoms with Crippen LogP contribution in [0.2, 0.25) is 15.1 Å². The van der Waals surface area contributed by atoms with Crippen molar-refractivity contribution in [3.63, 3.8) is 0 Å². The summed E-state index contributed by atoms with van der Waals surface area (Å²) in [4.78, 5) is 16.1. The number of nitrogens with one attached hydrogen (secondary N) is 1. The lowest BCUT2D eigenvalue weighted by atomic mass is 10.2. The molecule has 0 aliphatic heterocycles. The van der Waals surface area contributed by atoms with Gasteiger partial charge in [0, 0.05) is 23.0 Å². The van der Waals surface area contributed by atoms with Crippen LogP contribution in [0, 0.1) is 0 Å². The molecule has 1 amide bonds. The van der Waals surface area contributed by atoms with Crippen LogP contribution in [0.4, 0.5) is 0 Å². The molecule has 0 bridgehead atoms. The van der Waals surface area contributed by atoms with E-state index in [4.69, 9.17) is 34.8 Å². The summed E-state index contributed by atoms with van der Waals surface area (Å²) in [6.07, 6.45) is 3.30. The molecular formula is C14H10Cl3N3O. The molecule has 2 aromatic rings. The van der Waals surface area contributed by atoms with E-state index < -0.39 is 5.91 Å². The second-order valence-corrected chi connectivity index (χ2v) is 5.38. The number of pyridine rings is 1. The number of rotatable bonds is 3. The van der Waals surface area contributed by atoms with Crippen LogP contribution in [-0.2, 0) is 0 Å². The molecule has 1 aromatic carbocycles. The Balaban J connectivity index is 2.20. The number of hydrazone groups is 1. The molecule has 0 spiro atoms. The molecule has 0 aliphatic rings. The highest BCUT2D eigenvalue weighted by Crippen LogP contribution is 2.28. The summed E-state index contributed by atoms with van der Waals surface area (Å²) < 4.78 is 0. The van der Waals surface area contributed by atoms with Gasteiger partial charge in [0.2, 0.25) is 0 Å². The first-order valence-electron chi connectivity index (χ1n) is 5.88. The fraction of sp³-hybridized carbons (Fsp3) is 0.0714. The number of halogens is 3. The Labute approximate surface area is 136 Å². The zero-order valence-electron chi connectivity index (χ0n) is 10.9.